The van der Waals surface area contributed by atoms with E-state index >= 15 is 0 Å². The lowest BCUT2D eigenvalue weighted by Gasteiger charge is -2.17. The summed E-state index contributed by atoms with van der Waals surface area (Å²) in [6.07, 6.45) is 1.44. The van der Waals surface area contributed by atoms with Gasteiger partial charge in [0.1, 0.15) is 0 Å². The molecular formula is C16H15NO. The molecule has 1 aliphatic heterocycles. The van der Waals surface area contributed by atoms with Gasteiger partial charge >= 0.3 is 0 Å². The molecule has 0 bridgehead atoms. The van der Waals surface area contributed by atoms with E-state index in [0.29, 0.717) is 6.42 Å². The smallest absolute Gasteiger partial charge is 0.224 e. The molecule has 0 saturated heterocycles. The van der Waals surface area contributed by atoms with Crippen LogP contribution >= 0.6 is 0 Å². The number of carbonyl (C=O) groups is 1. The van der Waals surface area contributed by atoms with E-state index in [2.05, 4.69) is 54.7 Å². The molecule has 0 unspecified atom stereocenters. The van der Waals surface area contributed by atoms with Crippen molar-refractivity contribution in [3.05, 3.63) is 53.6 Å². The molecule has 18 heavy (non-hydrogen) atoms. The number of carbonyl (C=O) groups excluding carboxylic acids is 1. The minimum absolute atomic E-state index is 0.115. The number of nitrogens with one attached hydrogen (secondary N) is 1. The summed E-state index contributed by atoms with van der Waals surface area (Å²) in [5.74, 6) is 0.115. The van der Waals surface area contributed by atoms with E-state index in [0.717, 1.165) is 17.7 Å². The molecule has 1 N–H and O–H groups in total. The van der Waals surface area contributed by atoms with Gasteiger partial charge in [-0.15, -0.1) is 0 Å². The first-order valence-corrected chi connectivity index (χ1v) is 6.22. The van der Waals surface area contributed by atoms with Gasteiger partial charge in [0, 0.05) is 12.1 Å². The molecule has 0 saturated carbocycles. The predicted octanol–water partition coefficient (Wildman–Crippen LogP) is 3.55. The molecule has 3 rings (SSSR count). The minimum atomic E-state index is 0.115. The molecule has 2 heteroatoms. The highest BCUT2D eigenvalue weighted by Gasteiger charge is 2.14. The summed E-state index contributed by atoms with van der Waals surface area (Å²) in [4.78, 5) is 11.4. The second kappa shape index (κ2) is 4.30. The van der Waals surface area contributed by atoms with Crippen LogP contribution in [0.3, 0.4) is 0 Å². The first-order chi connectivity index (χ1) is 8.72. The quantitative estimate of drug-likeness (QED) is 0.807. The number of hydrogen-bond donors (Lipinski definition) is 1. The molecular weight excluding hydrogens is 222 g/mol. The van der Waals surface area contributed by atoms with E-state index in [1.165, 1.54) is 16.7 Å². The van der Waals surface area contributed by atoms with Crippen molar-refractivity contribution in [1.29, 1.82) is 0 Å². The molecule has 0 fully saturated rings. The maximum absolute atomic E-state index is 11.4. The number of fused-ring (bicyclic) bond motifs is 1. The van der Waals surface area contributed by atoms with Gasteiger partial charge in [0.2, 0.25) is 5.91 Å². The van der Waals surface area contributed by atoms with E-state index in [-0.39, 0.29) is 5.91 Å². The van der Waals surface area contributed by atoms with Crippen molar-refractivity contribution < 1.29 is 4.79 Å². The van der Waals surface area contributed by atoms with Gasteiger partial charge in [-0.3, -0.25) is 4.79 Å². The fraction of sp³-hybridized carbons (Fsp3) is 0.188. The summed E-state index contributed by atoms with van der Waals surface area (Å²) in [6.45, 7) is 2.09. The van der Waals surface area contributed by atoms with Crippen LogP contribution in [0.5, 0.6) is 0 Å². The molecule has 2 nitrogen and oxygen atoms in total. The summed E-state index contributed by atoms with van der Waals surface area (Å²) in [7, 11) is 0. The maximum atomic E-state index is 11.4. The Hall–Kier alpha value is -2.09. The van der Waals surface area contributed by atoms with Crippen LogP contribution in [0.1, 0.15) is 17.5 Å². The van der Waals surface area contributed by atoms with Crippen LogP contribution in [0.25, 0.3) is 11.1 Å². The van der Waals surface area contributed by atoms with E-state index < -0.39 is 0 Å². The van der Waals surface area contributed by atoms with Gasteiger partial charge < -0.3 is 5.32 Å². The summed E-state index contributed by atoms with van der Waals surface area (Å²) >= 11 is 0. The zero-order valence-electron chi connectivity index (χ0n) is 10.4. The zero-order chi connectivity index (χ0) is 12.5. The van der Waals surface area contributed by atoms with Crippen LogP contribution in [-0.2, 0) is 11.2 Å². The molecule has 0 radical (unpaired) electrons. The summed E-state index contributed by atoms with van der Waals surface area (Å²) in [5.41, 5.74) is 5.78. The predicted molar refractivity (Wildman–Crippen MR) is 73.6 cm³/mol. The standard InChI is InChI=1S/C16H15NO/c1-11-3-2-4-13(9-11)14-6-5-12-7-8-16(18)17-15(12)10-14/h2-6,9-10H,7-8H2,1H3,(H,17,18). The minimum Gasteiger partial charge on any atom is -0.326 e. The van der Waals surface area contributed by atoms with Gasteiger partial charge in [-0.1, -0.05) is 42.0 Å². The van der Waals surface area contributed by atoms with Gasteiger partial charge in [0.15, 0.2) is 0 Å². The van der Waals surface area contributed by atoms with Gasteiger partial charge in [0.25, 0.3) is 0 Å². The average molecular weight is 237 g/mol. The van der Waals surface area contributed by atoms with E-state index in [1.807, 2.05) is 0 Å². The average Bonchev–Trinajstić information content (AvgIpc) is 2.38. The third kappa shape index (κ3) is 2.02. The summed E-state index contributed by atoms with van der Waals surface area (Å²) in [6, 6.07) is 14.7. The molecule has 2 aromatic rings. The number of hydrogen-bond acceptors (Lipinski definition) is 1. The molecule has 1 amide bonds. The molecule has 90 valence electrons. The fourth-order valence-corrected chi connectivity index (χ4v) is 2.38. The molecule has 1 aliphatic rings. The van der Waals surface area contributed by atoms with Crippen LogP contribution < -0.4 is 5.32 Å². The Morgan fingerprint density at radius 3 is 2.67 bits per heavy atom. The number of amides is 1. The Labute approximate surface area is 107 Å². The monoisotopic (exact) mass is 237 g/mol. The number of benzene rings is 2. The number of rotatable bonds is 1. The largest absolute Gasteiger partial charge is 0.326 e. The Morgan fingerprint density at radius 2 is 1.83 bits per heavy atom. The van der Waals surface area contributed by atoms with E-state index in [1.54, 1.807) is 0 Å². The highest BCUT2D eigenvalue weighted by Crippen LogP contribution is 2.29. The lowest BCUT2D eigenvalue weighted by atomic mass is 9.97. The maximum Gasteiger partial charge on any atom is 0.224 e. The molecule has 0 aromatic heterocycles. The van der Waals surface area contributed by atoms with Crippen molar-refractivity contribution in [2.75, 3.05) is 5.32 Å². The highest BCUT2D eigenvalue weighted by molar-refractivity contribution is 5.94. The van der Waals surface area contributed by atoms with Crippen molar-refractivity contribution in [2.45, 2.75) is 19.8 Å². The Balaban J connectivity index is 2.04. The van der Waals surface area contributed by atoms with Crippen molar-refractivity contribution in [3.8, 4) is 11.1 Å². The molecule has 2 aromatic carbocycles. The fourth-order valence-electron chi connectivity index (χ4n) is 2.38. The summed E-state index contributed by atoms with van der Waals surface area (Å²) in [5, 5.41) is 2.95. The third-order valence-electron chi connectivity index (χ3n) is 3.36. The van der Waals surface area contributed by atoms with Gasteiger partial charge in [-0.25, -0.2) is 0 Å². The van der Waals surface area contributed by atoms with Crippen molar-refractivity contribution in [1.82, 2.24) is 0 Å². The van der Waals surface area contributed by atoms with Gasteiger partial charge in [-0.2, -0.15) is 0 Å². The SMILES string of the molecule is Cc1cccc(-c2ccc3c(c2)NC(=O)CC3)c1. The summed E-state index contributed by atoms with van der Waals surface area (Å²) < 4.78 is 0. The Bertz CT molecular complexity index is 616. The Morgan fingerprint density at radius 1 is 1.00 bits per heavy atom. The van der Waals surface area contributed by atoms with Gasteiger partial charge in [-0.05, 0) is 36.1 Å². The third-order valence-corrected chi connectivity index (χ3v) is 3.36. The molecule has 0 atom stereocenters. The van der Waals surface area contributed by atoms with Crippen molar-refractivity contribution >= 4 is 11.6 Å². The molecule has 0 spiro atoms. The molecule has 0 aliphatic carbocycles. The van der Waals surface area contributed by atoms with Crippen LogP contribution in [0, 0.1) is 6.92 Å². The van der Waals surface area contributed by atoms with Crippen LogP contribution in [-0.4, -0.2) is 5.91 Å². The Kier molecular flexibility index (Phi) is 2.63. The highest BCUT2D eigenvalue weighted by atomic mass is 16.1. The lowest BCUT2D eigenvalue weighted by Crippen LogP contribution is -2.18. The van der Waals surface area contributed by atoms with E-state index in [4.69, 9.17) is 0 Å². The second-order valence-corrected chi connectivity index (χ2v) is 4.79. The first kappa shape index (κ1) is 11.0. The number of anilines is 1. The number of aryl methyl sites for hydroxylation is 2. The van der Waals surface area contributed by atoms with Gasteiger partial charge in [0.05, 0.1) is 0 Å². The van der Waals surface area contributed by atoms with Crippen LogP contribution in [0.2, 0.25) is 0 Å². The van der Waals surface area contributed by atoms with Crippen LogP contribution in [0.4, 0.5) is 5.69 Å². The first-order valence-electron chi connectivity index (χ1n) is 6.22. The lowest BCUT2D eigenvalue weighted by molar-refractivity contribution is -0.116. The van der Waals surface area contributed by atoms with Crippen LogP contribution in [0.15, 0.2) is 42.5 Å². The van der Waals surface area contributed by atoms with Crippen molar-refractivity contribution in [2.24, 2.45) is 0 Å². The normalized spacial score (nSPS) is 13.9. The van der Waals surface area contributed by atoms with Crippen molar-refractivity contribution in [3.63, 3.8) is 0 Å². The van der Waals surface area contributed by atoms with E-state index in [9.17, 15) is 4.79 Å². The topological polar surface area (TPSA) is 29.1 Å². The molecule has 1 heterocycles. The zero-order valence-corrected chi connectivity index (χ0v) is 10.4. The second-order valence-electron chi connectivity index (χ2n) is 4.79.